The van der Waals surface area contributed by atoms with Gasteiger partial charge in [0, 0.05) is 33.4 Å². The Morgan fingerprint density at radius 2 is 1.73 bits per heavy atom. The number of sulfonamides is 1. The van der Waals surface area contributed by atoms with Gasteiger partial charge in [-0.15, -0.1) is 12.4 Å². The largest absolute Gasteiger partial charge is 0.330 e. The fourth-order valence-corrected chi connectivity index (χ4v) is 4.05. The van der Waals surface area contributed by atoms with E-state index in [1.54, 1.807) is 0 Å². The minimum absolute atomic E-state index is 0. The first kappa shape index (κ1) is 22.1. The molecule has 0 unspecified atom stereocenters. The van der Waals surface area contributed by atoms with Crippen molar-refractivity contribution in [1.29, 1.82) is 0 Å². The van der Waals surface area contributed by atoms with Crippen molar-refractivity contribution in [3.05, 3.63) is 62.9 Å². The van der Waals surface area contributed by atoms with E-state index in [4.69, 9.17) is 5.73 Å². The number of nitrogens with zero attached hydrogens (tertiary/aromatic N) is 3. The summed E-state index contributed by atoms with van der Waals surface area (Å²) in [5.74, 6) is 0. The van der Waals surface area contributed by atoms with Crippen molar-refractivity contribution < 1.29 is 8.42 Å². The van der Waals surface area contributed by atoms with Gasteiger partial charge in [-0.1, -0.05) is 30.3 Å². The number of aryl methyl sites for hydroxylation is 1. The predicted octanol–water partition coefficient (Wildman–Crippen LogP) is 0.0455. The number of rotatable bonds is 7. The third-order valence-electron chi connectivity index (χ3n) is 3.85. The molecule has 0 saturated carbocycles. The van der Waals surface area contributed by atoms with Crippen molar-refractivity contribution in [1.82, 2.24) is 13.4 Å². The molecule has 0 fully saturated rings. The monoisotopic (exact) mass is 402 g/mol. The molecule has 1 heterocycles. The van der Waals surface area contributed by atoms with Crippen LogP contribution in [0.4, 0.5) is 0 Å². The van der Waals surface area contributed by atoms with Crippen LogP contribution in [0.3, 0.4) is 0 Å². The van der Waals surface area contributed by atoms with Gasteiger partial charge in [0.1, 0.15) is 0 Å². The lowest BCUT2D eigenvalue weighted by molar-refractivity contribution is 0.399. The zero-order valence-corrected chi connectivity index (χ0v) is 16.3. The Bertz CT molecular complexity index is 954. The molecule has 2 aromatic rings. The molecule has 1 aromatic heterocycles. The molecule has 1 aromatic carbocycles. The zero-order chi connectivity index (χ0) is 18.6. The van der Waals surface area contributed by atoms with E-state index < -0.39 is 26.2 Å². The van der Waals surface area contributed by atoms with Crippen LogP contribution < -0.4 is 17.0 Å². The maximum absolute atomic E-state index is 13.0. The van der Waals surface area contributed by atoms with Crippen LogP contribution in [0, 0.1) is 0 Å². The third-order valence-corrected chi connectivity index (χ3v) is 5.67. The van der Waals surface area contributed by atoms with E-state index in [1.807, 2.05) is 30.3 Å². The Hall–Kier alpha value is -1.94. The van der Waals surface area contributed by atoms with Gasteiger partial charge in [-0.2, -0.15) is 4.31 Å². The highest BCUT2D eigenvalue weighted by molar-refractivity contribution is 7.89. The summed E-state index contributed by atoms with van der Waals surface area (Å²) >= 11 is 0. The molecule has 0 aliphatic carbocycles. The molecule has 8 nitrogen and oxygen atoms in total. The van der Waals surface area contributed by atoms with Crippen LogP contribution >= 0.6 is 12.4 Å². The van der Waals surface area contributed by atoms with Gasteiger partial charge >= 0.3 is 5.69 Å². The molecule has 0 bridgehead atoms. The highest BCUT2D eigenvalue weighted by Gasteiger charge is 2.28. The summed E-state index contributed by atoms with van der Waals surface area (Å²) in [7, 11) is -1.42. The molecule has 10 heteroatoms. The average Bonchev–Trinajstić information content (AvgIpc) is 2.60. The lowest BCUT2D eigenvalue weighted by atomic mass is 10.2. The van der Waals surface area contributed by atoms with Gasteiger partial charge < -0.3 is 10.3 Å². The van der Waals surface area contributed by atoms with Crippen LogP contribution in [0.5, 0.6) is 0 Å². The van der Waals surface area contributed by atoms with Crippen molar-refractivity contribution in [3.63, 3.8) is 0 Å². The summed E-state index contributed by atoms with van der Waals surface area (Å²) in [6.07, 6.45) is 1.53. The lowest BCUT2D eigenvalue weighted by Crippen LogP contribution is -2.43. The zero-order valence-electron chi connectivity index (χ0n) is 14.7. The van der Waals surface area contributed by atoms with E-state index >= 15 is 0 Å². The second-order valence-corrected chi connectivity index (χ2v) is 7.62. The van der Waals surface area contributed by atoms with Crippen LogP contribution in [-0.2, 0) is 30.7 Å². The van der Waals surface area contributed by atoms with Crippen LogP contribution in [0.15, 0.2) is 51.0 Å². The van der Waals surface area contributed by atoms with Crippen LogP contribution in [0.2, 0.25) is 0 Å². The van der Waals surface area contributed by atoms with E-state index in [0.29, 0.717) is 13.0 Å². The SMILES string of the molecule is Cl.Cn1cc(S(=O)(=O)N(CCCN)Cc2ccccc2)c(=O)n(C)c1=O. The first-order valence-electron chi connectivity index (χ1n) is 7.80. The molecule has 0 radical (unpaired) electrons. The molecule has 0 aliphatic rings. The summed E-state index contributed by atoms with van der Waals surface area (Å²) in [6.45, 7) is 0.626. The van der Waals surface area contributed by atoms with Crippen LogP contribution in [0.1, 0.15) is 12.0 Å². The van der Waals surface area contributed by atoms with Crippen molar-refractivity contribution >= 4 is 22.4 Å². The summed E-state index contributed by atoms with van der Waals surface area (Å²) in [5, 5.41) is 0. The van der Waals surface area contributed by atoms with Crippen LogP contribution in [0.25, 0.3) is 0 Å². The average molecular weight is 403 g/mol. The van der Waals surface area contributed by atoms with Gasteiger partial charge in [0.05, 0.1) is 0 Å². The summed E-state index contributed by atoms with van der Waals surface area (Å²) < 4.78 is 29.2. The lowest BCUT2D eigenvalue weighted by Gasteiger charge is -2.22. The summed E-state index contributed by atoms with van der Waals surface area (Å²) in [6, 6.07) is 9.08. The topological polar surface area (TPSA) is 107 Å². The van der Waals surface area contributed by atoms with E-state index in [1.165, 1.54) is 18.4 Å². The second kappa shape index (κ2) is 9.13. The number of benzene rings is 1. The smallest absolute Gasteiger partial charge is 0.330 e. The van der Waals surface area contributed by atoms with E-state index in [0.717, 1.165) is 20.9 Å². The Morgan fingerprint density at radius 1 is 1.12 bits per heavy atom. The fourth-order valence-electron chi connectivity index (χ4n) is 2.43. The molecule has 0 saturated heterocycles. The van der Waals surface area contributed by atoms with Crippen molar-refractivity contribution in [2.75, 3.05) is 13.1 Å². The van der Waals surface area contributed by atoms with Crippen molar-refractivity contribution in [2.45, 2.75) is 17.9 Å². The maximum atomic E-state index is 13.0. The minimum Gasteiger partial charge on any atom is -0.330 e. The standard InChI is InChI=1S/C16H22N4O4S.ClH/c1-18-12-14(15(21)19(2)16(18)22)25(23,24)20(10-6-9-17)11-13-7-4-3-5-8-13;/h3-5,7-8,12H,6,9-11,17H2,1-2H3;1H. The van der Waals surface area contributed by atoms with Crippen LogP contribution in [-0.4, -0.2) is 34.9 Å². The number of hydrogen-bond acceptors (Lipinski definition) is 5. The Labute approximate surface area is 158 Å². The molecule has 0 spiro atoms. The van der Waals surface area contributed by atoms with E-state index in [9.17, 15) is 18.0 Å². The highest BCUT2D eigenvalue weighted by Crippen LogP contribution is 2.15. The fraction of sp³-hybridized carbons (Fsp3) is 0.375. The number of aromatic nitrogens is 2. The summed E-state index contributed by atoms with van der Waals surface area (Å²) in [5.41, 5.74) is 4.89. The molecule has 0 aliphatic heterocycles. The Balaban J connectivity index is 0.00000338. The number of nitrogens with two attached hydrogens (primary N) is 1. The van der Waals surface area contributed by atoms with Gasteiger partial charge in [0.2, 0.25) is 10.0 Å². The molecule has 0 amide bonds. The van der Waals surface area contributed by atoms with Gasteiger partial charge in [-0.05, 0) is 18.5 Å². The molecular formula is C16H23ClN4O4S. The number of halogens is 1. The van der Waals surface area contributed by atoms with Gasteiger partial charge in [0.25, 0.3) is 5.56 Å². The van der Waals surface area contributed by atoms with Gasteiger partial charge in [-0.3, -0.25) is 9.36 Å². The molecule has 0 atom stereocenters. The minimum atomic E-state index is -4.08. The van der Waals surface area contributed by atoms with Gasteiger partial charge in [-0.25, -0.2) is 13.2 Å². The molecule has 26 heavy (non-hydrogen) atoms. The predicted molar refractivity (Wildman–Crippen MR) is 102 cm³/mol. The van der Waals surface area contributed by atoms with Crippen molar-refractivity contribution in [2.24, 2.45) is 19.8 Å². The molecular weight excluding hydrogens is 380 g/mol. The van der Waals surface area contributed by atoms with Crippen molar-refractivity contribution in [3.8, 4) is 0 Å². The third kappa shape index (κ3) is 4.61. The first-order chi connectivity index (χ1) is 11.8. The van der Waals surface area contributed by atoms with Gasteiger partial charge in [0.15, 0.2) is 4.90 Å². The second-order valence-electron chi connectivity index (χ2n) is 5.72. The molecule has 144 valence electrons. The van der Waals surface area contributed by atoms with E-state index in [-0.39, 0.29) is 25.5 Å². The Morgan fingerprint density at radius 3 is 2.31 bits per heavy atom. The maximum Gasteiger partial charge on any atom is 0.330 e. The number of hydrogen-bond donors (Lipinski definition) is 1. The highest BCUT2D eigenvalue weighted by atomic mass is 35.5. The Kier molecular flexibility index (Phi) is 7.76. The van der Waals surface area contributed by atoms with E-state index in [2.05, 4.69) is 0 Å². The first-order valence-corrected chi connectivity index (χ1v) is 9.24. The normalized spacial score (nSPS) is 11.4. The quantitative estimate of drug-likeness (QED) is 0.703. The molecule has 2 N–H and O–H groups in total. The molecule has 2 rings (SSSR count). The summed E-state index contributed by atoms with van der Waals surface area (Å²) in [4.78, 5) is 23.7.